The summed E-state index contributed by atoms with van der Waals surface area (Å²) in [6.45, 7) is 0.409. The van der Waals surface area contributed by atoms with Crippen LogP contribution >= 0.6 is 0 Å². The van der Waals surface area contributed by atoms with Gasteiger partial charge in [0.2, 0.25) is 5.69 Å². The van der Waals surface area contributed by atoms with Gasteiger partial charge in [-0.1, -0.05) is 6.42 Å². The first kappa shape index (κ1) is 13.5. The minimum atomic E-state index is -0.650. The number of rotatable bonds is 4. The number of hydrogen-bond acceptors (Lipinski definition) is 5. The van der Waals surface area contributed by atoms with Crippen LogP contribution in [0.15, 0.2) is 6.20 Å². The van der Waals surface area contributed by atoms with Crippen molar-refractivity contribution in [1.29, 1.82) is 0 Å². The highest BCUT2D eigenvalue weighted by molar-refractivity contribution is 5.95. The first-order valence-corrected chi connectivity index (χ1v) is 6.22. The van der Waals surface area contributed by atoms with Crippen molar-refractivity contribution in [3.05, 3.63) is 22.0 Å². The van der Waals surface area contributed by atoms with Crippen LogP contribution in [-0.4, -0.2) is 38.8 Å². The molecule has 0 spiro atoms. The molecule has 2 rings (SSSR count). The third-order valence-electron chi connectivity index (χ3n) is 3.35. The molecule has 2 unspecified atom stereocenters. The summed E-state index contributed by atoms with van der Waals surface area (Å²) in [7, 11) is 0. The minimum Gasteiger partial charge on any atom is -0.393 e. The number of carbonyl (C=O) groups excluding carboxylic acids is 1. The molecule has 19 heavy (non-hydrogen) atoms. The highest BCUT2D eigenvalue weighted by Gasteiger charge is 2.25. The van der Waals surface area contributed by atoms with Crippen molar-refractivity contribution >= 4 is 11.6 Å². The number of hydrogen-bond donors (Lipinski definition) is 3. The third kappa shape index (κ3) is 3.28. The van der Waals surface area contributed by atoms with E-state index in [9.17, 15) is 20.0 Å². The molecule has 3 N–H and O–H groups in total. The molecule has 1 aliphatic rings. The second kappa shape index (κ2) is 5.79. The molecule has 0 aliphatic heterocycles. The van der Waals surface area contributed by atoms with Crippen molar-refractivity contribution in [3.63, 3.8) is 0 Å². The van der Waals surface area contributed by atoms with E-state index in [0.717, 1.165) is 25.5 Å². The largest absolute Gasteiger partial charge is 0.393 e. The van der Waals surface area contributed by atoms with Gasteiger partial charge in [0, 0.05) is 6.54 Å². The van der Waals surface area contributed by atoms with Crippen molar-refractivity contribution in [3.8, 4) is 0 Å². The fourth-order valence-corrected chi connectivity index (χ4v) is 2.36. The maximum Gasteiger partial charge on any atom is 0.319 e. The molecule has 1 amide bonds. The average Bonchev–Trinajstić information content (AvgIpc) is 2.85. The van der Waals surface area contributed by atoms with Gasteiger partial charge in [-0.05, 0) is 25.2 Å². The van der Waals surface area contributed by atoms with Gasteiger partial charge in [0.1, 0.15) is 6.20 Å². The van der Waals surface area contributed by atoms with Crippen molar-refractivity contribution < 1.29 is 14.8 Å². The van der Waals surface area contributed by atoms with E-state index in [4.69, 9.17) is 0 Å². The van der Waals surface area contributed by atoms with E-state index in [2.05, 4.69) is 15.5 Å². The van der Waals surface area contributed by atoms with Crippen LogP contribution in [0.2, 0.25) is 0 Å². The zero-order valence-corrected chi connectivity index (χ0v) is 10.3. The number of aromatic nitrogens is 2. The van der Waals surface area contributed by atoms with Crippen LogP contribution < -0.4 is 5.32 Å². The second-order valence-corrected chi connectivity index (χ2v) is 4.78. The molecule has 1 aromatic heterocycles. The quantitative estimate of drug-likeness (QED) is 0.545. The summed E-state index contributed by atoms with van der Waals surface area (Å²) in [6, 6.07) is 0. The molecule has 0 radical (unpaired) electrons. The molecular formula is C11H16N4O4. The molecule has 1 aromatic rings. The van der Waals surface area contributed by atoms with Gasteiger partial charge in [-0.15, -0.1) is 0 Å². The molecule has 0 aromatic carbocycles. The van der Waals surface area contributed by atoms with Crippen LogP contribution in [0.3, 0.4) is 0 Å². The van der Waals surface area contributed by atoms with Gasteiger partial charge in [0.15, 0.2) is 0 Å². The summed E-state index contributed by atoms with van der Waals surface area (Å²) >= 11 is 0. The Hall–Kier alpha value is -1.96. The van der Waals surface area contributed by atoms with Crippen molar-refractivity contribution in [2.45, 2.75) is 31.8 Å². The van der Waals surface area contributed by atoms with Gasteiger partial charge in [0.25, 0.3) is 5.91 Å². The molecular weight excluding hydrogens is 252 g/mol. The highest BCUT2D eigenvalue weighted by atomic mass is 16.6. The standard InChI is InChI=1S/C11H16N4O4/c16-8-3-1-2-7(4-8)5-12-11(17)10-9(15(18)19)6-13-14-10/h6-8,16H,1-5H2,(H,12,17)(H,13,14). The number of nitro groups is 1. The molecule has 1 saturated carbocycles. The normalized spacial score (nSPS) is 23.0. The number of nitrogens with one attached hydrogen (secondary N) is 2. The summed E-state index contributed by atoms with van der Waals surface area (Å²) in [5, 5.41) is 28.7. The molecule has 0 saturated heterocycles. The highest BCUT2D eigenvalue weighted by Crippen LogP contribution is 2.23. The van der Waals surface area contributed by atoms with Crippen LogP contribution in [-0.2, 0) is 0 Å². The van der Waals surface area contributed by atoms with E-state index in [1.54, 1.807) is 0 Å². The lowest BCUT2D eigenvalue weighted by Gasteiger charge is -2.25. The van der Waals surface area contributed by atoms with Gasteiger partial charge in [-0.25, -0.2) is 0 Å². The first-order valence-electron chi connectivity index (χ1n) is 6.22. The molecule has 2 atom stereocenters. The SMILES string of the molecule is O=C(NCC1CCCC(O)C1)c1[nH]ncc1[N+](=O)[O-]. The Morgan fingerprint density at radius 1 is 1.63 bits per heavy atom. The molecule has 8 nitrogen and oxygen atoms in total. The maximum absolute atomic E-state index is 11.8. The number of amides is 1. The van der Waals surface area contributed by atoms with Crippen LogP contribution in [0.5, 0.6) is 0 Å². The topological polar surface area (TPSA) is 121 Å². The monoisotopic (exact) mass is 268 g/mol. The summed E-state index contributed by atoms with van der Waals surface area (Å²) in [4.78, 5) is 21.8. The van der Waals surface area contributed by atoms with E-state index in [0.29, 0.717) is 13.0 Å². The molecule has 8 heteroatoms. The Labute approximate surface area is 109 Å². The number of aromatic amines is 1. The summed E-state index contributed by atoms with van der Waals surface area (Å²) < 4.78 is 0. The zero-order valence-electron chi connectivity index (χ0n) is 10.3. The van der Waals surface area contributed by atoms with Crippen molar-refractivity contribution in [1.82, 2.24) is 15.5 Å². The average molecular weight is 268 g/mol. The van der Waals surface area contributed by atoms with Gasteiger partial charge in [-0.3, -0.25) is 20.0 Å². The smallest absolute Gasteiger partial charge is 0.319 e. The molecule has 1 fully saturated rings. The number of H-pyrrole nitrogens is 1. The molecule has 1 heterocycles. The van der Waals surface area contributed by atoms with Gasteiger partial charge in [-0.2, -0.15) is 5.10 Å². The fourth-order valence-electron chi connectivity index (χ4n) is 2.36. The van der Waals surface area contributed by atoms with E-state index < -0.39 is 10.8 Å². The number of nitrogens with zero attached hydrogens (tertiary/aromatic N) is 2. The minimum absolute atomic E-state index is 0.138. The van der Waals surface area contributed by atoms with Crippen molar-refractivity contribution in [2.24, 2.45) is 5.92 Å². The lowest BCUT2D eigenvalue weighted by atomic mass is 9.87. The van der Waals surface area contributed by atoms with Crippen LogP contribution in [0, 0.1) is 16.0 Å². The fraction of sp³-hybridized carbons (Fsp3) is 0.636. The maximum atomic E-state index is 11.8. The first-order chi connectivity index (χ1) is 9.08. The van der Waals surface area contributed by atoms with Crippen molar-refractivity contribution in [2.75, 3.05) is 6.54 Å². The lowest BCUT2D eigenvalue weighted by Crippen LogP contribution is -2.33. The summed E-state index contributed by atoms with van der Waals surface area (Å²) in [5.41, 5.74) is -0.470. The van der Waals surface area contributed by atoms with E-state index >= 15 is 0 Å². The molecule has 0 bridgehead atoms. The van der Waals surface area contributed by atoms with Gasteiger partial charge >= 0.3 is 5.69 Å². The molecule has 104 valence electrons. The van der Waals surface area contributed by atoms with Crippen LogP contribution in [0.25, 0.3) is 0 Å². The van der Waals surface area contributed by atoms with Gasteiger partial charge in [0.05, 0.1) is 11.0 Å². The third-order valence-corrected chi connectivity index (χ3v) is 3.35. The lowest BCUT2D eigenvalue weighted by molar-refractivity contribution is -0.385. The number of aliphatic hydroxyl groups excluding tert-OH is 1. The van der Waals surface area contributed by atoms with E-state index in [-0.39, 0.29) is 23.4 Å². The second-order valence-electron chi connectivity index (χ2n) is 4.78. The Morgan fingerprint density at radius 3 is 3.11 bits per heavy atom. The van der Waals surface area contributed by atoms with Crippen LogP contribution in [0.1, 0.15) is 36.2 Å². The Bertz CT molecular complexity index is 473. The Kier molecular flexibility index (Phi) is 4.10. The Balaban J connectivity index is 1.90. The zero-order chi connectivity index (χ0) is 13.8. The number of carbonyl (C=O) groups is 1. The van der Waals surface area contributed by atoms with E-state index in [1.807, 2.05) is 0 Å². The molecule has 1 aliphatic carbocycles. The van der Waals surface area contributed by atoms with Gasteiger partial charge < -0.3 is 10.4 Å². The predicted octanol–water partition coefficient (Wildman–Crippen LogP) is 0.599. The predicted molar refractivity (Wildman–Crippen MR) is 65.5 cm³/mol. The number of aliphatic hydroxyl groups is 1. The summed E-state index contributed by atoms with van der Waals surface area (Å²) in [5.74, 6) is -0.320. The van der Waals surface area contributed by atoms with E-state index in [1.165, 1.54) is 0 Å². The Morgan fingerprint density at radius 2 is 2.42 bits per heavy atom. The summed E-state index contributed by atoms with van der Waals surface area (Å²) in [6.07, 6.45) is 4.05. The van der Waals surface area contributed by atoms with Crippen LogP contribution in [0.4, 0.5) is 5.69 Å².